The summed E-state index contributed by atoms with van der Waals surface area (Å²) in [5, 5.41) is 10.3. The molecule has 0 spiro atoms. The zero-order valence-corrected chi connectivity index (χ0v) is 19.0. The second-order valence-electron chi connectivity index (χ2n) is 7.54. The van der Waals surface area contributed by atoms with Crippen molar-refractivity contribution in [1.82, 2.24) is 14.5 Å². The van der Waals surface area contributed by atoms with E-state index in [1.54, 1.807) is 60.2 Å². The van der Waals surface area contributed by atoms with Gasteiger partial charge in [0.25, 0.3) is 5.56 Å². The maximum Gasteiger partial charge on any atom is 0.335 e. The number of rotatable bonds is 7. The first-order chi connectivity index (χ1) is 15.9. The van der Waals surface area contributed by atoms with Crippen LogP contribution in [0, 0.1) is 6.92 Å². The molecule has 2 aromatic heterocycles. The summed E-state index contributed by atoms with van der Waals surface area (Å²) in [5.74, 6) is 0.105. The fraction of sp³-hybridized carbons (Fsp3) is 0.200. The number of aromatic nitrogens is 3. The number of carboxylic acid groups (broad SMARTS) is 1. The summed E-state index contributed by atoms with van der Waals surface area (Å²) in [6.45, 7) is 4.28. The molecular weight excluding hydrogens is 442 g/mol. The van der Waals surface area contributed by atoms with Gasteiger partial charge in [-0.2, -0.15) is 0 Å². The van der Waals surface area contributed by atoms with Gasteiger partial charge >= 0.3 is 5.97 Å². The van der Waals surface area contributed by atoms with Crippen LogP contribution in [0.15, 0.2) is 59.5 Å². The van der Waals surface area contributed by atoms with E-state index in [9.17, 15) is 14.7 Å². The Morgan fingerprint density at radius 3 is 2.76 bits per heavy atom. The fourth-order valence-corrected chi connectivity index (χ4v) is 3.83. The lowest BCUT2D eigenvalue weighted by atomic mass is 10.0. The Kier molecular flexibility index (Phi) is 6.42. The van der Waals surface area contributed by atoms with Crippen LogP contribution in [0.4, 0.5) is 0 Å². The van der Waals surface area contributed by atoms with Crippen LogP contribution in [0.1, 0.15) is 28.8 Å². The molecule has 33 heavy (non-hydrogen) atoms. The van der Waals surface area contributed by atoms with Crippen molar-refractivity contribution in [3.63, 3.8) is 0 Å². The lowest BCUT2D eigenvalue weighted by Crippen LogP contribution is -2.26. The molecule has 8 heteroatoms. The van der Waals surface area contributed by atoms with E-state index in [0.29, 0.717) is 45.2 Å². The second-order valence-corrected chi connectivity index (χ2v) is 7.97. The third-order valence-electron chi connectivity index (χ3n) is 5.38. The lowest BCUT2D eigenvalue weighted by Gasteiger charge is -2.15. The topological polar surface area (TPSA) is 94.3 Å². The highest BCUT2D eigenvalue weighted by molar-refractivity contribution is 6.31. The molecule has 168 valence electrons. The number of aromatic carboxylic acids is 1. The molecule has 0 aliphatic carbocycles. The molecule has 4 aromatic rings. The smallest absolute Gasteiger partial charge is 0.335 e. The van der Waals surface area contributed by atoms with Gasteiger partial charge in [0, 0.05) is 16.3 Å². The fourth-order valence-electron chi connectivity index (χ4n) is 3.66. The molecule has 0 saturated heterocycles. The molecule has 0 bridgehead atoms. The standard InChI is InChI=1S/C25H22ClN3O4/c1-3-19-13-21-22(14-27-19)28-15(2)29(24(21)30)9-10-33-23-8-7-18(26)12-20(23)16-5-4-6-17(11-16)25(31)32/h4-8,11-14H,3,9-10H2,1-2H3,(H,31,32). The van der Waals surface area contributed by atoms with Gasteiger partial charge < -0.3 is 9.84 Å². The molecule has 0 radical (unpaired) electrons. The molecule has 0 fully saturated rings. The van der Waals surface area contributed by atoms with Crippen molar-refractivity contribution >= 4 is 28.5 Å². The lowest BCUT2D eigenvalue weighted by molar-refractivity contribution is 0.0697. The number of halogens is 1. The number of nitrogens with zero attached hydrogens (tertiary/aromatic N) is 3. The summed E-state index contributed by atoms with van der Waals surface area (Å²) >= 11 is 6.19. The summed E-state index contributed by atoms with van der Waals surface area (Å²) in [6.07, 6.45) is 2.36. The molecule has 0 atom stereocenters. The monoisotopic (exact) mass is 463 g/mol. The zero-order valence-electron chi connectivity index (χ0n) is 18.2. The van der Waals surface area contributed by atoms with Crippen LogP contribution in [0.3, 0.4) is 0 Å². The summed E-state index contributed by atoms with van der Waals surface area (Å²) in [4.78, 5) is 33.3. The van der Waals surface area contributed by atoms with Gasteiger partial charge in [0.2, 0.25) is 0 Å². The van der Waals surface area contributed by atoms with E-state index in [1.165, 1.54) is 6.07 Å². The Hall–Kier alpha value is -3.71. The van der Waals surface area contributed by atoms with Crippen molar-refractivity contribution in [3.05, 3.63) is 87.2 Å². The molecule has 0 amide bonds. The molecule has 0 saturated carbocycles. The second kappa shape index (κ2) is 9.42. The molecule has 2 heterocycles. The molecule has 1 N–H and O–H groups in total. The van der Waals surface area contributed by atoms with E-state index < -0.39 is 5.97 Å². The highest BCUT2D eigenvalue weighted by Gasteiger charge is 2.13. The van der Waals surface area contributed by atoms with Crippen LogP contribution in [-0.2, 0) is 13.0 Å². The van der Waals surface area contributed by atoms with Crippen molar-refractivity contribution < 1.29 is 14.6 Å². The maximum atomic E-state index is 13.1. The van der Waals surface area contributed by atoms with Crippen molar-refractivity contribution in [2.24, 2.45) is 0 Å². The van der Waals surface area contributed by atoms with Gasteiger partial charge in [-0.25, -0.2) is 9.78 Å². The number of hydrogen-bond acceptors (Lipinski definition) is 5. The van der Waals surface area contributed by atoms with Crippen molar-refractivity contribution in [2.75, 3.05) is 6.61 Å². The number of hydrogen-bond donors (Lipinski definition) is 1. The number of pyridine rings is 1. The van der Waals surface area contributed by atoms with E-state index in [-0.39, 0.29) is 17.7 Å². The number of benzene rings is 2. The zero-order chi connectivity index (χ0) is 23.5. The molecule has 0 aliphatic rings. The minimum Gasteiger partial charge on any atom is -0.491 e. The van der Waals surface area contributed by atoms with Crippen LogP contribution < -0.4 is 10.3 Å². The Morgan fingerprint density at radius 2 is 2.00 bits per heavy atom. The van der Waals surface area contributed by atoms with Crippen LogP contribution in [-0.4, -0.2) is 32.2 Å². The van der Waals surface area contributed by atoms with Gasteiger partial charge in [0.1, 0.15) is 18.2 Å². The number of carboxylic acids is 1. The van der Waals surface area contributed by atoms with E-state index in [2.05, 4.69) is 9.97 Å². The van der Waals surface area contributed by atoms with Gasteiger partial charge in [-0.15, -0.1) is 0 Å². The van der Waals surface area contributed by atoms with Gasteiger partial charge in [0.05, 0.1) is 29.2 Å². The highest BCUT2D eigenvalue weighted by atomic mass is 35.5. The molecule has 0 aliphatic heterocycles. The molecule has 2 aromatic carbocycles. The summed E-state index contributed by atoms with van der Waals surface area (Å²) in [5.41, 5.74) is 2.79. The number of aryl methyl sites for hydroxylation is 2. The highest BCUT2D eigenvalue weighted by Crippen LogP contribution is 2.33. The molecule has 0 unspecified atom stereocenters. The first-order valence-corrected chi connectivity index (χ1v) is 10.9. The van der Waals surface area contributed by atoms with E-state index >= 15 is 0 Å². The van der Waals surface area contributed by atoms with Crippen molar-refractivity contribution in [2.45, 2.75) is 26.8 Å². The third kappa shape index (κ3) is 4.73. The third-order valence-corrected chi connectivity index (χ3v) is 5.62. The normalized spacial score (nSPS) is 11.0. The molecule has 4 rings (SSSR count). The Bertz CT molecular complexity index is 1410. The van der Waals surface area contributed by atoms with E-state index in [1.807, 2.05) is 6.92 Å². The van der Waals surface area contributed by atoms with Crippen LogP contribution in [0.5, 0.6) is 5.75 Å². The predicted molar refractivity (Wildman–Crippen MR) is 127 cm³/mol. The maximum absolute atomic E-state index is 13.1. The Balaban J connectivity index is 1.61. The van der Waals surface area contributed by atoms with Gasteiger partial charge in [-0.3, -0.25) is 14.3 Å². The summed E-state index contributed by atoms with van der Waals surface area (Å²) in [6, 6.07) is 13.5. The van der Waals surface area contributed by atoms with Gasteiger partial charge in [-0.05, 0) is 55.3 Å². The molecule has 7 nitrogen and oxygen atoms in total. The first kappa shape index (κ1) is 22.5. The van der Waals surface area contributed by atoms with Crippen molar-refractivity contribution in [3.8, 4) is 16.9 Å². The van der Waals surface area contributed by atoms with Gasteiger partial charge in [-0.1, -0.05) is 30.7 Å². The SMILES string of the molecule is CCc1cc2c(=O)n(CCOc3ccc(Cl)cc3-c3cccc(C(=O)O)c3)c(C)nc2cn1. The van der Waals surface area contributed by atoms with Crippen molar-refractivity contribution in [1.29, 1.82) is 0 Å². The van der Waals surface area contributed by atoms with E-state index in [4.69, 9.17) is 16.3 Å². The van der Waals surface area contributed by atoms with E-state index in [0.717, 1.165) is 12.1 Å². The predicted octanol–water partition coefficient (Wildman–Crippen LogP) is 4.76. The quantitative estimate of drug-likeness (QED) is 0.424. The summed E-state index contributed by atoms with van der Waals surface area (Å²) in [7, 11) is 0. The number of ether oxygens (including phenoxy) is 1. The largest absolute Gasteiger partial charge is 0.491 e. The number of fused-ring (bicyclic) bond motifs is 1. The first-order valence-electron chi connectivity index (χ1n) is 10.5. The van der Waals surface area contributed by atoms with Crippen LogP contribution in [0.2, 0.25) is 5.02 Å². The number of carbonyl (C=O) groups is 1. The molecular formula is C25H22ClN3O4. The average Bonchev–Trinajstić information content (AvgIpc) is 2.81. The minimum absolute atomic E-state index is 0.135. The Labute approximate surface area is 195 Å². The Morgan fingerprint density at radius 1 is 1.18 bits per heavy atom. The minimum atomic E-state index is -1.01. The van der Waals surface area contributed by atoms with Gasteiger partial charge in [0.15, 0.2) is 0 Å². The van der Waals surface area contributed by atoms with Crippen LogP contribution in [0.25, 0.3) is 22.0 Å². The average molecular weight is 464 g/mol. The summed E-state index contributed by atoms with van der Waals surface area (Å²) < 4.78 is 7.60. The van der Waals surface area contributed by atoms with Crippen LogP contribution >= 0.6 is 11.6 Å².